The van der Waals surface area contributed by atoms with Crippen molar-refractivity contribution in [2.75, 3.05) is 11.4 Å². The van der Waals surface area contributed by atoms with Crippen molar-refractivity contribution in [2.24, 2.45) is 5.73 Å². The van der Waals surface area contributed by atoms with E-state index in [0.717, 1.165) is 18.1 Å². The minimum Gasteiger partial charge on any atom is -0.352 e. The van der Waals surface area contributed by atoms with E-state index < -0.39 is 0 Å². The van der Waals surface area contributed by atoms with Crippen LogP contribution in [0.2, 0.25) is 0 Å². The van der Waals surface area contributed by atoms with Crippen LogP contribution in [-0.4, -0.2) is 22.8 Å². The van der Waals surface area contributed by atoms with Crippen LogP contribution in [0.15, 0.2) is 12.1 Å². The lowest BCUT2D eigenvalue weighted by Crippen LogP contribution is -2.37. The summed E-state index contributed by atoms with van der Waals surface area (Å²) in [6.45, 7) is 3.65. The third-order valence-corrected chi connectivity index (χ3v) is 3.57. The molecule has 17 heavy (non-hydrogen) atoms. The Bertz CT molecular complexity index is 330. The van der Waals surface area contributed by atoms with Crippen LogP contribution in [0.4, 0.5) is 5.82 Å². The van der Waals surface area contributed by atoms with Gasteiger partial charge in [0.2, 0.25) is 0 Å². The number of nitrogens with two attached hydrogens (primary N) is 1. The van der Waals surface area contributed by atoms with E-state index in [0.29, 0.717) is 12.6 Å². The molecule has 1 aromatic rings. The fourth-order valence-electron chi connectivity index (χ4n) is 2.61. The molecule has 1 saturated carbocycles. The van der Waals surface area contributed by atoms with Crippen LogP contribution in [-0.2, 0) is 6.54 Å². The summed E-state index contributed by atoms with van der Waals surface area (Å²) in [5, 5.41) is 8.44. The van der Waals surface area contributed by atoms with Gasteiger partial charge in [-0.1, -0.05) is 19.3 Å². The predicted octanol–water partition coefficient (Wildman–Crippen LogP) is 2.09. The van der Waals surface area contributed by atoms with E-state index >= 15 is 0 Å². The average Bonchev–Trinajstić information content (AvgIpc) is 2.42. The van der Waals surface area contributed by atoms with Gasteiger partial charge < -0.3 is 10.6 Å². The monoisotopic (exact) mass is 234 g/mol. The molecule has 1 heterocycles. The van der Waals surface area contributed by atoms with Crippen molar-refractivity contribution in [3.8, 4) is 0 Å². The third kappa shape index (κ3) is 2.94. The Kier molecular flexibility index (Phi) is 4.31. The van der Waals surface area contributed by atoms with Crippen molar-refractivity contribution in [3.63, 3.8) is 0 Å². The molecule has 1 fully saturated rings. The Morgan fingerprint density at radius 2 is 2.00 bits per heavy atom. The first-order chi connectivity index (χ1) is 8.35. The summed E-state index contributed by atoms with van der Waals surface area (Å²) in [5.41, 5.74) is 6.39. The minimum atomic E-state index is 0.461. The molecule has 0 aromatic carbocycles. The van der Waals surface area contributed by atoms with Crippen LogP contribution in [0.1, 0.15) is 44.7 Å². The number of nitrogens with zero attached hydrogens (tertiary/aromatic N) is 3. The predicted molar refractivity (Wildman–Crippen MR) is 69.8 cm³/mol. The molecule has 0 spiro atoms. The molecule has 2 N–H and O–H groups in total. The SMILES string of the molecule is CCN(c1ccc(CN)nn1)C1CCCCC1. The van der Waals surface area contributed by atoms with Gasteiger partial charge in [0.15, 0.2) is 5.82 Å². The smallest absolute Gasteiger partial charge is 0.151 e. The molecular formula is C13H22N4. The van der Waals surface area contributed by atoms with E-state index in [1.54, 1.807) is 0 Å². The maximum Gasteiger partial charge on any atom is 0.151 e. The lowest BCUT2D eigenvalue weighted by molar-refractivity contribution is 0.415. The van der Waals surface area contributed by atoms with Gasteiger partial charge in [-0.15, -0.1) is 5.10 Å². The average molecular weight is 234 g/mol. The highest BCUT2D eigenvalue weighted by molar-refractivity contribution is 5.38. The number of hydrogen-bond donors (Lipinski definition) is 1. The second kappa shape index (κ2) is 5.96. The summed E-state index contributed by atoms with van der Waals surface area (Å²) in [6.07, 6.45) is 6.64. The molecule has 1 aliphatic carbocycles. The summed E-state index contributed by atoms with van der Waals surface area (Å²) in [4.78, 5) is 2.38. The minimum absolute atomic E-state index is 0.461. The molecule has 0 aliphatic heterocycles. The van der Waals surface area contributed by atoms with Crippen LogP contribution in [0.3, 0.4) is 0 Å². The van der Waals surface area contributed by atoms with Crippen molar-refractivity contribution >= 4 is 5.82 Å². The molecule has 0 amide bonds. The first-order valence-corrected chi connectivity index (χ1v) is 6.64. The fraction of sp³-hybridized carbons (Fsp3) is 0.692. The normalized spacial score (nSPS) is 17.1. The molecule has 0 saturated heterocycles. The first-order valence-electron chi connectivity index (χ1n) is 6.64. The number of rotatable bonds is 4. The molecule has 0 atom stereocenters. The Labute approximate surface area is 103 Å². The molecular weight excluding hydrogens is 212 g/mol. The number of anilines is 1. The molecule has 1 aliphatic rings. The molecule has 4 heteroatoms. The Balaban J connectivity index is 2.10. The van der Waals surface area contributed by atoms with Crippen LogP contribution < -0.4 is 10.6 Å². The number of hydrogen-bond acceptors (Lipinski definition) is 4. The van der Waals surface area contributed by atoms with Crippen LogP contribution in [0, 0.1) is 0 Å². The van der Waals surface area contributed by atoms with Gasteiger partial charge in [-0.05, 0) is 31.9 Å². The van der Waals surface area contributed by atoms with E-state index in [1.807, 2.05) is 12.1 Å². The van der Waals surface area contributed by atoms with Crippen molar-refractivity contribution < 1.29 is 0 Å². The largest absolute Gasteiger partial charge is 0.352 e. The first kappa shape index (κ1) is 12.3. The summed E-state index contributed by atoms with van der Waals surface area (Å²) in [5.74, 6) is 0.997. The van der Waals surface area contributed by atoms with Crippen LogP contribution in [0.25, 0.3) is 0 Å². The van der Waals surface area contributed by atoms with E-state index in [9.17, 15) is 0 Å². The maximum absolute atomic E-state index is 5.54. The fourth-order valence-corrected chi connectivity index (χ4v) is 2.61. The quantitative estimate of drug-likeness (QED) is 0.866. The molecule has 0 unspecified atom stereocenters. The zero-order valence-corrected chi connectivity index (χ0v) is 10.6. The highest BCUT2D eigenvalue weighted by atomic mass is 15.3. The second-order valence-electron chi connectivity index (χ2n) is 4.66. The molecule has 0 bridgehead atoms. The Hall–Kier alpha value is -1.16. The van der Waals surface area contributed by atoms with Gasteiger partial charge in [0.05, 0.1) is 5.69 Å². The van der Waals surface area contributed by atoms with E-state index in [1.165, 1.54) is 32.1 Å². The molecule has 94 valence electrons. The van der Waals surface area contributed by atoms with Crippen molar-refractivity contribution in [1.29, 1.82) is 0 Å². The van der Waals surface area contributed by atoms with E-state index in [4.69, 9.17) is 5.73 Å². The molecule has 1 aromatic heterocycles. The van der Waals surface area contributed by atoms with Crippen LogP contribution in [0.5, 0.6) is 0 Å². The Morgan fingerprint density at radius 3 is 2.53 bits per heavy atom. The third-order valence-electron chi connectivity index (χ3n) is 3.57. The van der Waals surface area contributed by atoms with Gasteiger partial charge in [-0.3, -0.25) is 0 Å². The highest BCUT2D eigenvalue weighted by Crippen LogP contribution is 2.25. The van der Waals surface area contributed by atoms with Gasteiger partial charge in [0, 0.05) is 19.1 Å². The molecule has 0 radical (unpaired) electrons. The standard InChI is InChI=1S/C13H22N4/c1-2-17(12-6-4-3-5-7-12)13-9-8-11(10-14)15-16-13/h8-9,12H,2-7,10,14H2,1H3. The van der Waals surface area contributed by atoms with Gasteiger partial charge in [0.25, 0.3) is 0 Å². The summed E-state index contributed by atoms with van der Waals surface area (Å²) in [7, 11) is 0. The zero-order valence-electron chi connectivity index (χ0n) is 10.6. The maximum atomic E-state index is 5.54. The highest BCUT2D eigenvalue weighted by Gasteiger charge is 2.21. The summed E-state index contributed by atoms with van der Waals surface area (Å²) < 4.78 is 0. The molecule has 4 nitrogen and oxygen atoms in total. The number of aromatic nitrogens is 2. The lowest BCUT2D eigenvalue weighted by Gasteiger charge is -2.34. The summed E-state index contributed by atoms with van der Waals surface area (Å²) >= 11 is 0. The Morgan fingerprint density at radius 1 is 1.24 bits per heavy atom. The van der Waals surface area contributed by atoms with Crippen LogP contribution >= 0.6 is 0 Å². The van der Waals surface area contributed by atoms with Crippen molar-refractivity contribution in [1.82, 2.24) is 10.2 Å². The van der Waals surface area contributed by atoms with Crippen molar-refractivity contribution in [3.05, 3.63) is 17.8 Å². The lowest BCUT2D eigenvalue weighted by atomic mass is 9.94. The zero-order chi connectivity index (χ0) is 12.1. The van der Waals surface area contributed by atoms with Gasteiger partial charge >= 0.3 is 0 Å². The van der Waals surface area contributed by atoms with E-state index in [-0.39, 0.29) is 0 Å². The summed E-state index contributed by atoms with van der Waals surface area (Å²) in [6, 6.07) is 4.67. The van der Waals surface area contributed by atoms with Crippen molar-refractivity contribution in [2.45, 2.75) is 51.6 Å². The van der Waals surface area contributed by atoms with Gasteiger partial charge in [-0.2, -0.15) is 5.10 Å². The topological polar surface area (TPSA) is 55.0 Å². The second-order valence-corrected chi connectivity index (χ2v) is 4.66. The van der Waals surface area contributed by atoms with E-state index in [2.05, 4.69) is 22.0 Å². The molecule has 2 rings (SSSR count). The van der Waals surface area contributed by atoms with Gasteiger partial charge in [0.1, 0.15) is 0 Å². The van der Waals surface area contributed by atoms with Gasteiger partial charge in [-0.25, -0.2) is 0 Å².